The number of likely N-dealkylation sites (N-methyl/N-ethyl adjacent to an activating group) is 1. The molecule has 2 N–H and O–H groups in total. The van der Waals surface area contributed by atoms with E-state index in [1.165, 1.54) is 0 Å². The Bertz CT molecular complexity index is 254. The standard InChI is InChI=1S/C8H14N4O/c1-9-5-6-13-8-11-4-3-7(10-2)12-8/h3-4,9H,5-6H2,1-2H3,(H,10,11,12). The number of aromatic nitrogens is 2. The van der Waals surface area contributed by atoms with Gasteiger partial charge >= 0.3 is 6.01 Å². The zero-order chi connectivity index (χ0) is 9.52. The van der Waals surface area contributed by atoms with Crippen LogP contribution in [0.4, 0.5) is 5.82 Å². The molecule has 0 bridgehead atoms. The Labute approximate surface area is 77.5 Å². The van der Waals surface area contributed by atoms with Gasteiger partial charge in [-0.05, 0) is 13.1 Å². The van der Waals surface area contributed by atoms with E-state index in [4.69, 9.17) is 4.74 Å². The van der Waals surface area contributed by atoms with Crippen molar-refractivity contribution >= 4 is 5.82 Å². The van der Waals surface area contributed by atoms with Crippen LogP contribution in [0.2, 0.25) is 0 Å². The van der Waals surface area contributed by atoms with E-state index in [-0.39, 0.29) is 0 Å². The normalized spacial score (nSPS) is 9.69. The number of hydrogen-bond acceptors (Lipinski definition) is 5. The Kier molecular flexibility index (Phi) is 3.98. The third-order valence-corrected chi connectivity index (χ3v) is 1.47. The molecule has 13 heavy (non-hydrogen) atoms. The molecule has 0 fully saturated rings. The molecule has 0 aliphatic rings. The van der Waals surface area contributed by atoms with Gasteiger partial charge in [0.05, 0.1) is 0 Å². The number of anilines is 1. The van der Waals surface area contributed by atoms with E-state index >= 15 is 0 Å². The van der Waals surface area contributed by atoms with E-state index in [0.29, 0.717) is 12.6 Å². The van der Waals surface area contributed by atoms with Crippen LogP contribution < -0.4 is 15.4 Å². The fraction of sp³-hybridized carbons (Fsp3) is 0.500. The molecule has 1 aromatic heterocycles. The Morgan fingerprint density at radius 1 is 1.46 bits per heavy atom. The maximum Gasteiger partial charge on any atom is 0.318 e. The predicted octanol–water partition coefficient (Wildman–Crippen LogP) is 0.116. The summed E-state index contributed by atoms with van der Waals surface area (Å²) < 4.78 is 5.26. The van der Waals surface area contributed by atoms with Crippen LogP contribution in [0.3, 0.4) is 0 Å². The summed E-state index contributed by atoms with van der Waals surface area (Å²) in [5.41, 5.74) is 0. The van der Waals surface area contributed by atoms with E-state index in [0.717, 1.165) is 12.4 Å². The highest BCUT2D eigenvalue weighted by molar-refractivity contribution is 5.32. The fourth-order valence-corrected chi connectivity index (χ4v) is 0.794. The lowest BCUT2D eigenvalue weighted by Crippen LogP contribution is -2.16. The summed E-state index contributed by atoms with van der Waals surface area (Å²) in [5, 5.41) is 5.88. The van der Waals surface area contributed by atoms with Crippen molar-refractivity contribution in [3.63, 3.8) is 0 Å². The van der Waals surface area contributed by atoms with Crippen molar-refractivity contribution in [1.82, 2.24) is 15.3 Å². The van der Waals surface area contributed by atoms with Crippen molar-refractivity contribution in [2.75, 3.05) is 32.6 Å². The molecular weight excluding hydrogens is 168 g/mol. The summed E-state index contributed by atoms with van der Waals surface area (Å²) >= 11 is 0. The first-order valence-corrected chi connectivity index (χ1v) is 4.15. The lowest BCUT2D eigenvalue weighted by Gasteiger charge is -2.04. The molecule has 5 nitrogen and oxygen atoms in total. The van der Waals surface area contributed by atoms with E-state index in [9.17, 15) is 0 Å². The number of nitrogens with one attached hydrogen (secondary N) is 2. The molecule has 0 aromatic carbocycles. The van der Waals surface area contributed by atoms with Gasteiger partial charge in [-0.1, -0.05) is 0 Å². The molecule has 0 aliphatic carbocycles. The zero-order valence-corrected chi connectivity index (χ0v) is 7.87. The van der Waals surface area contributed by atoms with Crippen LogP contribution in [0.15, 0.2) is 12.3 Å². The number of nitrogens with zero attached hydrogens (tertiary/aromatic N) is 2. The van der Waals surface area contributed by atoms with Crippen molar-refractivity contribution in [3.05, 3.63) is 12.3 Å². The Morgan fingerprint density at radius 2 is 2.31 bits per heavy atom. The molecular formula is C8H14N4O. The molecule has 0 spiro atoms. The lowest BCUT2D eigenvalue weighted by molar-refractivity contribution is 0.294. The summed E-state index contributed by atoms with van der Waals surface area (Å²) in [4.78, 5) is 8.05. The van der Waals surface area contributed by atoms with Crippen molar-refractivity contribution in [2.45, 2.75) is 0 Å². The summed E-state index contributed by atoms with van der Waals surface area (Å²) in [6, 6.07) is 2.19. The number of rotatable bonds is 5. The Balaban J connectivity index is 2.46. The fourth-order valence-electron chi connectivity index (χ4n) is 0.794. The third kappa shape index (κ3) is 3.25. The number of hydrogen-bond donors (Lipinski definition) is 2. The van der Waals surface area contributed by atoms with Gasteiger partial charge in [-0.2, -0.15) is 4.98 Å². The maximum absolute atomic E-state index is 5.26. The highest BCUT2D eigenvalue weighted by atomic mass is 16.5. The summed E-state index contributed by atoms with van der Waals surface area (Å²) in [7, 11) is 3.67. The first-order chi connectivity index (χ1) is 6.36. The van der Waals surface area contributed by atoms with Crippen LogP contribution in [0.5, 0.6) is 6.01 Å². The SMILES string of the molecule is CNCCOc1nccc(NC)n1. The molecule has 5 heteroatoms. The second-order valence-corrected chi connectivity index (χ2v) is 2.43. The van der Waals surface area contributed by atoms with Crippen LogP contribution in [0, 0.1) is 0 Å². The van der Waals surface area contributed by atoms with Crippen molar-refractivity contribution in [1.29, 1.82) is 0 Å². The summed E-state index contributed by atoms with van der Waals surface area (Å²) in [6.45, 7) is 1.36. The molecule has 72 valence electrons. The van der Waals surface area contributed by atoms with Crippen LogP contribution >= 0.6 is 0 Å². The van der Waals surface area contributed by atoms with Gasteiger partial charge in [0.25, 0.3) is 0 Å². The predicted molar refractivity (Wildman–Crippen MR) is 51.0 cm³/mol. The van der Waals surface area contributed by atoms with E-state index < -0.39 is 0 Å². The highest BCUT2D eigenvalue weighted by Gasteiger charge is 1.97. The average Bonchev–Trinajstić information content (AvgIpc) is 2.19. The second-order valence-electron chi connectivity index (χ2n) is 2.43. The number of ether oxygens (including phenoxy) is 1. The van der Waals surface area contributed by atoms with Gasteiger partial charge in [0.2, 0.25) is 0 Å². The molecule has 0 saturated heterocycles. The molecule has 0 amide bonds. The van der Waals surface area contributed by atoms with Gasteiger partial charge in [0.15, 0.2) is 0 Å². The van der Waals surface area contributed by atoms with Gasteiger partial charge in [0.1, 0.15) is 12.4 Å². The minimum atomic E-state index is 0.405. The first-order valence-electron chi connectivity index (χ1n) is 4.15. The smallest absolute Gasteiger partial charge is 0.318 e. The minimum absolute atomic E-state index is 0.405. The highest BCUT2D eigenvalue weighted by Crippen LogP contribution is 2.05. The van der Waals surface area contributed by atoms with Crippen LogP contribution in [0.25, 0.3) is 0 Å². The Hall–Kier alpha value is -1.36. The molecule has 0 aliphatic heterocycles. The van der Waals surface area contributed by atoms with Crippen molar-refractivity contribution < 1.29 is 4.74 Å². The molecule has 0 unspecified atom stereocenters. The van der Waals surface area contributed by atoms with Crippen LogP contribution in [-0.2, 0) is 0 Å². The summed E-state index contributed by atoms with van der Waals surface area (Å²) in [5.74, 6) is 0.759. The van der Waals surface area contributed by atoms with Crippen LogP contribution in [0.1, 0.15) is 0 Å². The second kappa shape index (κ2) is 5.31. The third-order valence-electron chi connectivity index (χ3n) is 1.47. The van der Waals surface area contributed by atoms with E-state index in [1.54, 1.807) is 19.3 Å². The molecule has 0 atom stereocenters. The van der Waals surface area contributed by atoms with E-state index in [1.807, 2.05) is 7.05 Å². The maximum atomic E-state index is 5.26. The Morgan fingerprint density at radius 3 is 3.00 bits per heavy atom. The molecule has 0 radical (unpaired) electrons. The molecule has 1 heterocycles. The first kappa shape index (κ1) is 9.73. The largest absolute Gasteiger partial charge is 0.462 e. The van der Waals surface area contributed by atoms with Crippen molar-refractivity contribution in [3.8, 4) is 6.01 Å². The van der Waals surface area contributed by atoms with Gasteiger partial charge in [0, 0.05) is 19.8 Å². The minimum Gasteiger partial charge on any atom is -0.462 e. The lowest BCUT2D eigenvalue weighted by atomic mass is 10.6. The van der Waals surface area contributed by atoms with Gasteiger partial charge in [-0.3, -0.25) is 0 Å². The monoisotopic (exact) mass is 182 g/mol. The van der Waals surface area contributed by atoms with Gasteiger partial charge < -0.3 is 15.4 Å². The van der Waals surface area contributed by atoms with Gasteiger partial charge in [-0.25, -0.2) is 4.98 Å². The van der Waals surface area contributed by atoms with Crippen molar-refractivity contribution in [2.24, 2.45) is 0 Å². The molecule has 1 aromatic rings. The topological polar surface area (TPSA) is 59.1 Å². The van der Waals surface area contributed by atoms with Crippen LogP contribution in [-0.4, -0.2) is 37.2 Å². The zero-order valence-electron chi connectivity index (χ0n) is 7.87. The quantitative estimate of drug-likeness (QED) is 0.633. The molecule has 1 rings (SSSR count). The molecule has 0 saturated carbocycles. The average molecular weight is 182 g/mol. The van der Waals surface area contributed by atoms with Gasteiger partial charge in [-0.15, -0.1) is 0 Å². The van der Waals surface area contributed by atoms with E-state index in [2.05, 4.69) is 20.6 Å². The summed E-state index contributed by atoms with van der Waals surface area (Å²) in [6.07, 6.45) is 1.66.